The van der Waals surface area contributed by atoms with Crippen molar-refractivity contribution in [1.82, 2.24) is 20.0 Å². The fraction of sp³-hybridized carbons (Fsp3) is 0.400. The largest absolute Gasteiger partial charge is 0.497 e. The van der Waals surface area contributed by atoms with E-state index in [2.05, 4.69) is 15.1 Å². The highest BCUT2D eigenvalue weighted by molar-refractivity contribution is 5.96. The molecule has 0 N–H and O–H groups in total. The number of anilines is 1. The van der Waals surface area contributed by atoms with E-state index >= 15 is 0 Å². The van der Waals surface area contributed by atoms with E-state index in [4.69, 9.17) is 9.47 Å². The lowest BCUT2D eigenvalue weighted by Crippen LogP contribution is -2.45. The van der Waals surface area contributed by atoms with Crippen molar-refractivity contribution in [3.63, 3.8) is 0 Å². The summed E-state index contributed by atoms with van der Waals surface area (Å²) in [5, 5.41) is 8.90. The number of methoxy groups -OCH3 is 2. The number of carbonyl (C=O) groups is 2. The van der Waals surface area contributed by atoms with Gasteiger partial charge in [-0.2, -0.15) is 0 Å². The van der Waals surface area contributed by atoms with Gasteiger partial charge in [-0.25, -0.2) is 0 Å². The normalized spacial score (nSPS) is 15.4. The molecule has 5 rings (SSSR count). The van der Waals surface area contributed by atoms with E-state index in [-0.39, 0.29) is 18.4 Å². The SMILES string of the molecule is COc1ccc(C(=O)N(CC(=O)N2CCCN(c3ccc(-c4ccc(OC)cc4)nn3)CC2)CC2CC2)cc1. The Bertz CT molecular complexity index is 1260. The molecular weight excluding hydrogens is 494 g/mol. The van der Waals surface area contributed by atoms with Gasteiger partial charge >= 0.3 is 0 Å². The van der Waals surface area contributed by atoms with Gasteiger partial charge in [0.15, 0.2) is 5.82 Å². The van der Waals surface area contributed by atoms with Crippen molar-refractivity contribution in [3.05, 3.63) is 66.2 Å². The second-order valence-corrected chi connectivity index (χ2v) is 10.1. The molecule has 2 aliphatic rings. The number of nitrogens with zero attached hydrogens (tertiary/aromatic N) is 5. The van der Waals surface area contributed by atoms with Crippen molar-refractivity contribution in [2.24, 2.45) is 5.92 Å². The minimum absolute atomic E-state index is 0.0136. The van der Waals surface area contributed by atoms with Crippen molar-refractivity contribution >= 4 is 17.6 Å². The van der Waals surface area contributed by atoms with E-state index < -0.39 is 0 Å². The Kier molecular flexibility index (Phi) is 8.24. The molecule has 2 aromatic carbocycles. The summed E-state index contributed by atoms with van der Waals surface area (Å²) >= 11 is 0. The van der Waals surface area contributed by atoms with Crippen LogP contribution in [-0.2, 0) is 4.79 Å². The molecule has 1 aliphatic carbocycles. The second-order valence-electron chi connectivity index (χ2n) is 10.1. The summed E-state index contributed by atoms with van der Waals surface area (Å²) in [7, 11) is 3.24. The molecule has 2 amide bonds. The molecule has 2 fully saturated rings. The number of amides is 2. The molecule has 0 radical (unpaired) electrons. The van der Waals surface area contributed by atoms with Gasteiger partial charge in [0.25, 0.3) is 5.91 Å². The molecule has 2 heterocycles. The van der Waals surface area contributed by atoms with Crippen LogP contribution in [-0.4, -0.2) is 85.3 Å². The van der Waals surface area contributed by atoms with Crippen LogP contribution in [0, 0.1) is 5.92 Å². The van der Waals surface area contributed by atoms with Gasteiger partial charge in [-0.1, -0.05) is 0 Å². The highest BCUT2D eigenvalue weighted by Crippen LogP contribution is 2.30. The summed E-state index contributed by atoms with van der Waals surface area (Å²) < 4.78 is 10.4. The third-order valence-corrected chi connectivity index (χ3v) is 7.33. The Morgan fingerprint density at radius 3 is 2.15 bits per heavy atom. The zero-order valence-electron chi connectivity index (χ0n) is 22.6. The van der Waals surface area contributed by atoms with Crippen LogP contribution >= 0.6 is 0 Å². The standard InChI is InChI=1S/C30H35N5O4/c1-38-25-10-6-23(7-11-25)27-14-15-28(32-31-27)33-16-3-17-34(19-18-33)29(36)21-35(20-22-4-5-22)30(37)24-8-12-26(39-2)13-9-24/h6-15,22H,3-5,16-21H2,1-2H3. The highest BCUT2D eigenvalue weighted by atomic mass is 16.5. The van der Waals surface area contributed by atoms with Crippen molar-refractivity contribution in [3.8, 4) is 22.8 Å². The molecule has 0 spiro atoms. The average Bonchev–Trinajstić information content (AvgIpc) is 3.83. The molecule has 0 unspecified atom stereocenters. The number of hydrogen-bond donors (Lipinski definition) is 0. The van der Waals surface area contributed by atoms with E-state index in [1.807, 2.05) is 41.3 Å². The van der Waals surface area contributed by atoms with Gasteiger partial charge in [-0.3, -0.25) is 9.59 Å². The van der Waals surface area contributed by atoms with Gasteiger partial charge in [-0.05, 0) is 85.8 Å². The number of benzene rings is 2. The van der Waals surface area contributed by atoms with E-state index in [9.17, 15) is 9.59 Å². The molecule has 3 aromatic rings. The van der Waals surface area contributed by atoms with Crippen LogP contribution < -0.4 is 14.4 Å². The Hall–Kier alpha value is -4.14. The molecule has 1 saturated carbocycles. The third kappa shape index (κ3) is 6.66. The zero-order chi connectivity index (χ0) is 27.2. The Balaban J connectivity index is 1.19. The quantitative estimate of drug-likeness (QED) is 0.417. The minimum Gasteiger partial charge on any atom is -0.497 e. The predicted molar refractivity (Wildman–Crippen MR) is 149 cm³/mol. The minimum atomic E-state index is -0.110. The highest BCUT2D eigenvalue weighted by Gasteiger charge is 2.30. The molecular formula is C30H35N5O4. The maximum absolute atomic E-state index is 13.3. The van der Waals surface area contributed by atoms with Gasteiger partial charge in [0.2, 0.25) is 5.91 Å². The second kappa shape index (κ2) is 12.1. The van der Waals surface area contributed by atoms with Crippen LogP contribution in [0.5, 0.6) is 11.5 Å². The lowest BCUT2D eigenvalue weighted by Gasteiger charge is -2.27. The first kappa shape index (κ1) is 26.5. The van der Waals surface area contributed by atoms with Gasteiger partial charge < -0.3 is 24.2 Å². The van der Waals surface area contributed by atoms with E-state index in [0.717, 1.165) is 48.6 Å². The Morgan fingerprint density at radius 2 is 1.54 bits per heavy atom. The molecule has 1 aromatic heterocycles. The summed E-state index contributed by atoms with van der Waals surface area (Å²) in [5.74, 6) is 2.66. The maximum Gasteiger partial charge on any atom is 0.254 e. The number of rotatable bonds is 9. The van der Waals surface area contributed by atoms with Crippen molar-refractivity contribution in [2.75, 3.05) is 58.4 Å². The molecule has 1 aliphatic heterocycles. The topological polar surface area (TPSA) is 88.1 Å². The van der Waals surface area contributed by atoms with Gasteiger partial charge in [0.05, 0.1) is 19.9 Å². The first-order chi connectivity index (χ1) is 19.0. The maximum atomic E-state index is 13.3. The summed E-state index contributed by atoms with van der Waals surface area (Å²) in [5.41, 5.74) is 2.34. The van der Waals surface area contributed by atoms with Crippen molar-refractivity contribution in [2.45, 2.75) is 19.3 Å². The monoisotopic (exact) mass is 529 g/mol. The van der Waals surface area contributed by atoms with E-state index in [0.29, 0.717) is 43.4 Å². The molecule has 0 bridgehead atoms. The lowest BCUT2D eigenvalue weighted by molar-refractivity contribution is -0.131. The van der Waals surface area contributed by atoms with Crippen LogP contribution in [0.25, 0.3) is 11.3 Å². The van der Waals surface area contributed by atoms with Gasteiger partial charge in [0.1, 0.15) is 18.0 Å². The average molecular weight is 530 g/mol. The molecule has 1 saturated heterocycles. The van der Waals surface area contributed by atoms with Crippen LogP contribution in [0.2, 0.25) is 0 Å². The number of carbonyl (C=O) groups excluding carboxylic acids is 2. The zero-order valence-corrected chi connectivity index (χ0v) is 22.6. The fourth-order valence-corrected chi connectivity index (χ4v) is 4.82. The van der Waals surface area contributed by atoms with Crippen LogP contribution in [0.3, 0.4) is 0 Å². The third-order valence-electron chi connectivity index (χ3n) is 7.33. The summed E-state index contributed by atoms with van der Waals surface area (Å²) in [4.78, 5) is 32.4. The number of aromatic nitrogens is 2. The van der Waals surface area contributed by atoms with E-state index in [1.54, 1.807) is 43.4 Å². The van der Waals surface area contributed by atoms with Crippen LogP contribution in [0.4, 0.5) is 5.82 Å². The van der Waals surface area contributed by atoms with Crippen molar-refractivity contribution in [1.29, 1.82) is 0 Å². The molecule has 39 heavy (non-hydrogen) atoms. The van der Waals surface area contributed by atoms with Crippen LogP contribution in [0.1, 0.15) is 29.6 Å². The first-order valence-corrected chi connectivity index (χ1v) is 13.5. The predicted octanol–water partition coefficient (Wildman–Crippen LogP) is 3.75. The van der Waals surface area contributed by atoms with Crippen molar-refractivity contribution < 1.29 is 19.1 Å². The smallest absolute Gasteiger partial charge is 0.254 e. The molecule has 9 nitrogen and oxygen atoms in total. The summed E-state index contributed by atoms with van der Waals surface area (Å²) in [6, 6.07) is 18.8. The number of hydrogen-bond acceptors (Lipinski definition) is 7. The molecule has 0 atom stereocenters. The van der Waals surface area contributed by atoms with E-state index in [1.165, 1.54) is 0 Å². The Morgan fingerprint density at radius 1 is 0.846 bits per heavy atom. The summed E-state index contributed by atoms with van der Waals surface area (Å²) in [6.07, 6.45) is 3.04. The molecule has 9 heteroatoms. The fourth-order valence-electron chi connectivity index (χ4n) is 4.82. The van der Waals surface area contributed by atoms with Gasteiger partial charge in [0, 0.05) is 43.9 Å². The number of ether oxygens (including phenoxy) is 2. The van der Waals surface area contributed by atoms with Crippen LogP contribution in [0.15, 0.2) is 60.7 Å². The summed E-state index contributed by atoms with van der Waals surface area (Å²) in [6.45, 7) is 3.40. The Labute approximate surface area is 229 Å². The van der Waals surface area contributed by atoms with Gasteiger partial charge in [-0.15, -0.1) is 10.2 Å². The molecule has 204 valence electrons. The lowest BCUT2D eigenvalue weighted by atomic mass is 10.1. The first-order valence-electron chi connectivity index (χ1n) is 13.5.